The summed E-state index contributed by atoms with van der Waals surface area (Å²) in [5, 5.41) is 11.7. The maximum Gasteiger partial charge on any atom is 0.239 e. The molecule has 0 bridgehead atoms. The van der Waals surface area contributed by atoms with Crippen molar-refractivity contribution in [3.63, 3.8) is 0 Å². The normalized spacial score (nSPS) is 19.4. The minimum Gasteiger partial charge on any atom is -0.409 e. The number of benzene rings is 1. The van der Waals surface area contributed by atoms with Crippen LogP contribution in [-0.4, -0.2) is 35.0 Å². The number of oxime groups is 1. The highest BCUT2D eigenvalue weighted by Gasteiger charge is 2.26. The summed E-state index contributed by atoms with van der Waals surface area (Å²) < 4.78 is 0. The maximum absolute atomic E-state index is 12.3. The Kier molecular flexibility index (Phi) is 4.31. The molecule has 1 atom stereocenters. The molecule has 1 aliphatic rings. The fourth-order valence-corrected chi connectivity index (χ4v) is 3.30. The summed E-state index contributed by atoms with van der Waals surface area (Å²) in [5.74, 6) is 1.20. The molecular weight excluding hydrogens is 262 g/mol. The van der Waals surface area contributed by atoms with E-state index in [9.17, 15) is 4.79 Å². The number of hydrogen-bond acceptors (Lipinski definition) is 4. The first kappa shape index (κ1) is 13.7. The van der Waals surface area contributed by atoms with Gasteiger partial charge in [0.1, 0.15) is 0 Å². The molecule has 1 unspecified atom stereocenters. The lowest BCUT2D eigenvalue weighted by molar-refractivity contribution is -0.117. The standard InChI is InChI=1S/C13H17N3O2S/c1-16(13(17)11-6-3-7-19-11)10-5-2-4-9(8-10)12(14)15-18/h2,4-5,8,11,18H,3,6-7H2,1H3,(H2,14,15). The van der Waals surface area contributed by atoms with E-state index in [0.717, 1.165) is 24.3 Å². The molecule has 6 heteroatoms. The van der Waals surface area contributed by atoms with E-state index in [2.05, 4.69) is 5.16 Å². The average molecular weight is 279 g/mol. The summed E-state index contributed by atoms with van der Waals surface area (Å²) in [6.07, 6.45) is 2.03. The van der Waals surface area contributed by atoms with E-state index in [0.29, 0.717) is 5.56 Å². The van der Waals surface area contributed by atoms with Gasteiger partial charge < -0.3 is 15.8 Å². The molecule has 1 saturated heterocycles. The lowest BCUT2D eigenvalue weighted by Gasteiger charge is -2.21. The minimum atomic E-state index is 0.0398. The number of hydrogen-bond donors (Lipinski definition) is 2. The third-order valence-corrected chi connectivity index (χ3v) is 4.54. The summed E-state index contributed by atoms with van der Waals surface area (Å²) in [6.45, 7) is 0. The molecule has 1 aliphatic heterocycles. The van der Waals surface area contributed by atoms with E-state index in [1.54, 1.807) is 41.9 Å². The molecule has 1 aromatic carbocycles. The van der Waals surface area contributed by atoms with Gasteiger partial charge in [0.15, 0.2) is 5.84 Å². The maximum atomic E-state index is 12.3. The van der Waals surface area contributed by atoms with Crippen molar-refractivity contribution in [2.24, 2.45) is 10.9 Å². The van der Waals surface area contributed by atoms with E-state index in [1.807, 2.05) is 6.07 Å². The Hall–Kier alpha value is -1.69. The lowest BCUT2D eigenvalue weighted by atomic mass is 10.1. The second-order valence-corrected chi connectivity index (χ2v) is 5.75. The van der Waals surface area contributed by atoms with E-state index < -0.39 is 0 Å². The second-order valence-electron chi connectivity index (χ2n) is 4.43. The van der Waals surface area contributed by atoms with Crippen molar-refractivity contribution in [2.75, 3.05) is 17.7 Å². The van der Waals surface area contributed by atoms with Crippen LogP contribution in [0.5, 0.6) is 0 Å². The van der Waals surface area contributed by atoms with E-state index >= 15 is 0 Å². The molecule has 0 aromatic heterocycles. The number of amides is 1. The first-order valence-electron chi connectivity index (χ1n) is 6.10. The van der Waals surface area contributed by atoms with Crippen molar-refractivity contribution in [1.29, 1.82) is 0 Å². The van der Waals surface area contributed by atoms with Gasteiger partial charge in [-0.15, -0.1) is 11.8 Å². The van der Waals surface area contributed by atoms with Gasteiger partial charge in [-0.25, -0.2) is 0 Å². The lowest BCUT2D eigenvalue weighted by Crippen LogP contribution is -2.33. The van der Waals surface area contributed by atoms with Crippen molar-refractivity contribution in [3.05, 3.63) is 29.8 Å². The summed E-state index contributed by atoms with van der Waals surface area (Å²) in [4.78, 5) is 13.9. The molecule has 1 amide bonds. The third kappa shape index (κ3) is 3.01. The number of thioether (sulfide) groups is 1. The smallest absolute Gasteiger partial charge is 0.239 e. The molecule has 1 heterocycles. The highest BCUT2D eigenvalue weighted by molar-refractivity contribution is 8.00. The fraction of sp³-hybridized carbons (Fsp3) is 0.385. The molecular formula is C13H17N3O2S. The van der Waals surface area contributed by atoms with Crippen LogP contribution in [0.25, 0.3) is 0 Å². The van der Waals surface area contributed by atoms with Crippen LogP contribution in [0.4, 0.5) is 5.69 Å². The molecule has 2 rings (SSSR count). The van der Waals surface area contributed by atoms with E-state index in [4.69, 9.17) is 10.9 Å². The molecule has 5 nitrogen and oxygen atoms in total. The molecule has 19 heavy (non-hydrogen) atoms. The third-order valence-electron chi connectivity index (χ3n) is 3.17. The van der Waals surface area contributed by atoms with Crippen LogP contribution < -0.4 is 10.6 Å². The molecule has 1 fully saturated rings. The molecule has 0 radical (unpaired) electrons. The number of carbonyl (C=O) groups is 1. The summed E-state index contributed by atoms with van der Waals surface area (Å²) in [6, 6.07) is 7.10. The molecule has 0 aliphatic carbocycles. The zero-order chi connectivity index (χ0) is 13.8. The summed E-state index contributed by atoms with van der Waals surface area (Å²) >= 11 is 1.71. The topological polar surface area (TPSA) is 78.9 Å². The summed E-state index contributed by atoms with van der Waals surface area (Å²) in [7, 11) is 1.76. The van der Waals surface area contributed by atoms with Crippen molar-refractivity contribution in [1.82, 2.24) is 0 Å². The predicted molar refractivity (Wildman–Crippen MR) is 77.8 cm³/mol. The second kappa shape index (κ2) is 5.97. The Morgan fingerprint density at radius 1 is 1.58 bits per heavy atom. The number of anilines is 1. The van der Waals surface area contributed by atoms with Gasteiger partial charge in [0.05, 0.1) is 5.25 Å². The number of nitrogens with two attached hydrogens (primary N) is 1. The van der Waals surface area contributed by atoms with Gasteiger partial charge in [0.2, 0.25) is 5.91 Å². The Morgan fingerprint density at radius 2 is 2.37 bits per heavy atom. The van der Waals surface area contributed by atoms with Crippen LogP contribution in [0, 0.1) is 0 Å². The monoisotopic (exact) mass is 279 g/mol. The number of carbonyl (C=O) groups excluding carboxylic acids is 1. The first-order chi connectivity index (χ1) is 9.13. The highest BCUT2D eigenvalue weighted by atomic mass is 32.2. The largest absolute Gasteiger partial charge is 0.409 e. The Balaban J connectivity index is 2.18. The van der Waals surface area contributed by atoms with Gasteiger partial charge in [0, 0.05) is 18.3 Å². The van der Waals surface area contributed by atoms with Crippen molar-refractivity contribution >= 4 is 29.2 Å². The number of rotatable bonds is 3. The quantitative estimate of drug-likeness (QED) is 0.381. The van der Waals surface area contributed by atoms with Gasteiger partial charge in [-0.3, -0.25) is 4.79 Å². The van der Waals surface area contributed by atoms with Gasteiger partial charge in [-0.2, -0.15) is 0 Å². The molecule has 0 saturated carbocycles. The molecule has 3 N–H and O–H groups in total. The van der Waals surface area contributed by atoms with Crippen LogP contribution in [0.2, 0.25) is 0 Å². The van der Waals surface area contributed by atoms with Crippen LogP contribution >= 0.6 is 11.8 Å². The fourth-order valence-electron chi connectivity index (χ4n) is 2.05. The Labute approximate surface area is 116 Å². The number of amidine groups is 1. The number of nitrogens with zero attached hydrogens (tertiary/aromatic N) is 2. The van der Waals surface area contributed by atoms with Crippen molar-refractivity contribution in [3.8, 4) is 0 Å². The van der Waals surface area contributed by atoms with Gasteiger partial charge in [0.25, 0.3) is 0 Å². The van der Waals surface area contributed by atoms with Crippen molar-refractivity contribution < 1.29 is 10.0 Å². The zero-order valence-electron chi connectivity index (χ0n) is 10.7. The minimum absolute atomic E-state index is 0.0398. The first-order valence-corrected chi connectivity index (χ1v) is 7.15. The van der Waals surface area contributed by atoms with E-state index in [-0.39, 0.29) is 17.0 Å². The molecule has 0 spiro atoms. The van der Waals surface area contributed by atoms with Crippen LogP contribution in [-0.2, 0) is 4.79 Å². The van der Waals surface area contributed by atoms with Gasteiger partial charge in [-0.05, 0) is 30.7 Å². The SMILES string of the molecule is CN(C(=O)C1CCCS1)c1cccc(C(N)=NO)c1. The van der Waals surface area contributed by atoms with Crippen molar-refractivity contribution in [2.45, 2.75) is 18.1 Å². The molecule has 102 valence electrons. The zero-order valence-corrected chi connectivity index (χ0v) is 11.6. The van der Waals surface area contributed by atoms with Crippen LogP contribution in [0.3, 0.4) is 0 Å². The Morgan fingerprint density at radius 3 is 3.00 bits per heavy atom. The van der Waals surface area contributed by atoms with E-state index in [1.165, 1.54) is 0 Å². The Bertz CT molecular complexity index is 498. The molecule has 1 aromatic rings. The van der Waals surface area contributed by atoms with Gasteiger partial charge in [-0.1, -0.05) is 17.3 Å². The van der Waals surface area contributed by atoms with Crippen LogP contribution in [0.1, 0.15) is 18.4 Å². The van der Waals surface area contributed by atoms with Gasteiger partial charge >= 0.3 is 0 Å². The summed E-state index contributed by atoms with van der Waals surface area (Å²) in [5.41, 5.74) is 6.90. The van der Waals surface area contributed by atoms with Crippen LogP contribution in [0.15, 0.2) is 29.4 Å². The average Bonchev–Trinajstić information content (AvgIpc) is 2.99. The highest BCUT2D eigenvalue weighted by Crippen LogP contribution is 2.29. The predicted octanol–water partition coefficient (Wildman–Crippen LogP) is 1.64.